The molecular formula is C10H13NO2. The van der Waals surface area contributed by atoms with Gasteiger partial charge in [-0.2, -0.15) is 0 Å². The molecule has 1 saturated heterocycles. The normalized spacial score (nSPS) is 26.2. The van der Waals surface area contributed by atoms with Crippen molar-refractivity contribution in [1.82, 2.24) is 5.32 Å². The van der Waals surface area contributed by atoms with Crippen LogP contribution in [0.2, 0.25) is 0 Å². The van der Waals surface area contributed by atoms with E-state index in [1.165, 1.54) is 18.4 Å². The summed E-state index contributed by atoms with van der Waals surface area (Å²) in [5, 5.41) is 2.33. The van der Waals surface area contributed by atoms with Gasteiger partial charge in [0.05, 0.1) is 6.42 Å². The largest absolute Gasteiger partial charge is 0.292 e. The van der Waals surface area contributed by atoms with Gasteiger partial charge in [0.1, 0.15) is 0 Å². The molecule has 1 aliphatic carbocycles. The van der Waals surface area contributed by atoms with Gasteiger partial charge in [-0.05, 0) is 25.2 Å². The van der Waals surface area contributed by atoms with Crippen LogP contribution in [0.15, 0.2) is 11.1 Å². The van der Waals surface area contributed by atoms with Crippen LogP contribution in [0.1, 0.15) is 32.6 Å². The SMILES string of the molecule is CC/C(=C1/CC(=O)NC1=O)C1CC1. The lowest BCUT2D eigenvalue weighted by atomic mass is 10.00. The minimum absolute atomic E-state index is 0.147. The van der Waals surface area contributed by atoms with Crippen LogP contribution >= 0.6 is 0 Å². The summed E-state index contributed by atoms with van der Waals surface area (Å²) < 4.78 is 0. The Morgan fingerprint density at radius 3 is 2.54 bits per heavy atom. The molecule has 13 heavy (non-hydrogen) atoms. The first kappa shape index (κ1) is 8.48. The zero-order valence-electron chi connectivity index (χ0n) is 7.72. The third-order valence-electron chi connectivity index (χ3n) is 2.70. The molecule has 1 N–H and O–H groups in total. The molecule has 2 aliphatic rings. The van der Waals surface area contributed by atoms with Crippen molar-refractivity contribution in [2.75, 3.05) is 0 Å². The molecule has 1 aliphatic heterocycles. The second-order valence-corrected chi connectivity index (χ2v) is 3.69. The highest BCUT2D eigenvalue weighted by Crippen LogP contribution is 2.40. The smallest absolute Gasteiger partial charge is 0.254 e. The Kier molecular flexibility index (Phi) is 1.94. The van der Waals surface area contributed by atoms with Gasteiger partial charge in [0.15, 0.2) is 0 Å². The molecule has 3 nitrogen and oxygen atoms in total. The summed E-state index contributed by atoms with van der Waals surface area (Å²) in [6.07, 6.45) is 3.58. The Balaban J connectivity index is 2.28. The molecule has 0 aromatic carbocycles. The number of nitrogens with one attached hydrogen (secondary N) is 1. The van der Waals surface area contributed by atoms with Gasteiger partial charge in [0.25, 0.3) is 5.91 Å². The van der Waals surface area contributed by atoms with Crippen LogP contribution in [0.25, 0.3) is 0 Å². The molecule has 3 heteroatoms. The quantitative estimate of drug-likeness (QED) is 0.510. The molecule has 70 valence electrons. The fourth-order valence-electron chi connectivity index (χ4n) is 1.93. The highest BCUT2D eigenvalue weighted by atomic mass is 16.2. The van der Waals surface area contributed by atoms with Crippen molar-refractivity contribution in [3.63, 3.8) is 0 Å². The molecule has 1 heterocycles. The maximum Gasteiger partial charge on any atom is 0.254 e. The predicted octanol–water partition coefficient (Wildman–Crippen LogP) is 1.15. The van der Waals surface area contributed by atoms with E-state index in [2.05, 4.69) is 12.2 Å². The molecule has 0 aromatic rings. The topological polar surface area (TPSA) is 46.2 Å². The summed E-state index contributed by atoms with van der Waals surface area (Å²) in [6.45, 7) is 2.05. The summed E-state index contributed by atoms with van der Waals surface area (Å²) in [5.74, 6) is 0.289. The standard InChI is InChI=1S/C10H13NO2/c1-2-7(6-3-4-6)8-5-9(12)11-10(8)13/h6H,2-5H2,1H3,(H,11,12,13)/b8-7+. The molecule has 0 aromatic heterocycles. The van der Waals surface area contributed by atoms with Crippen molar-refractivity contribution in [3.8, 4) is 0 Å². The monoisotopic (exact) mass is 179 g/mol. The molecule has 0 bridgehead atoms. The Hall–Kier alpha value is -1.12. The summed E-state index contributed by atoms with van der Waals surface area (Å²) in [7, 11) is 0. The van der Waals surface area contributed by atoms with Crippen LogP contribution in [-0.2, 0) is 9.59 Å². The lowest BCUT2D eigenvalue weighted by Gasteiger charge is -2.04. The molecule has 2 fully saturated rings. The molecule has 2 amide bonds. The molecule has 1 saturated carbocycles. The van der Waals surface area contributed by atoms with Gasteiger partial charge in [-0.3, -0.25) is 14.9 Å². The van der Waals surface area contributed by atoms with Crippen LogP contribution in [0.4, 0.5) is 0 Å². The van der Waals surface area contributed by atoms with Gasteiger partial charge in [0, 0.05) is 5.57 Å². The van der Waals surface area contributed by atoms with Crippen molar-refractivity contribution in [1.29, 1.82) is 0 Å². The van der Waals surface area contributed by atoms with E-state index in [-0.39, 0.29) is 11.8 Å². The fraction of sp³-hybridized carbons (Fsp3) is 0.600. The molecule has 0 atom stereocenters. The number of carbonyl (C=O) groups excluding carboxylic acids is 2. The van der Waals surface area contributed by atoms with Gasteiger partial charge in [-0.15, -0.1) is 0 Å². The third kappa shape index (κ3) is 1.50. The Morgan fingerprint density at radius 1 is 1.46 bits per heavy atom. The van der Waals surface area contributed by atoms with E-state index in [9.17, 15) is 9.59 Å². The van der Waals surface area contributed by atoms with Crippen molar-refractivity contribution >= 4 is 11.8 Å². The van der Waals surface area contributed by atoms with Crippen LogP contribution in [0.3, 0.4) is 0 Å². The number of imide groups is 1. The second kappa shape index (κ2) is 2.98. The van der Waals surface area contributed by atoms with Crippen LogP contribution in [-0.4, -0.2) is 11.8 Å². The molecule has 0 radical (unpaired) electrons. The Bertz CT molecular complexity index is 300. The second-order valence-electron chi connectivity index (χ2n) is 3.69. The highest BCUT2D eigenvalue weighted by Gasteiger charge is 2.33. The zero-order valence-corrected chi connectivity index (χ0v) is 7.72. The average Bonchev–Trinajstić information content (AvgIpc) is 2.82. The molecule has 2 rings (SSSR count). The van der Waals surface area contributed by atoms with Gasteiger partial charge in [-0.1, -0.05) is 12.5 Å². The third-order valence-corrected chi connectivity index (χ3v) is 2.70. The number of allylic oxidation sites excluding steroid dienone is 1. The maximum atomic E-state index is 11.3. The lowest BCUT2D eigenvalue weighted by Crippen LogP contribution is -2.19. The Labute approximate surface area is 77.2 Å². The van der Waals surface area contributed by atoms with Gasteiger partial charge in [0.2, 0.25) is 5.91 Å². The first-order chi connectivity index (χ1) is 6.22. The Morgan fingerprint density at radius 2 is 2.15 bits per heavy atom. The summed E-state index contributed by atoms with van der Waals surface area (Å²) in [5.41, 5.74) is 1.96. The number of carbonyl (C=O) groups is 2. The molecule has 0 unspecified atom stereocenters. The van der Waals surface area contributed by atoms with E-state index in [0.717, 1.165) is 12.0 Å². The van der Waals surface area contributed by atoms with Crippen molar-refractivity contribution in [3.05, 3.63) is 11.1 Å². The molecule has 0 spiro atoms. The fourth-order valence-corrected chi connectivity index (χ4v) is 1.93. The number of hydrogen-bond acceptors (Lipinski definition) is 2. The minimum atomic E-state index is -0.159. The van der Waals surface area contributed by atoms with Crippen LogP contribution < -0.4 is 5.32 Å². The predicted molar refractivity (Wildman–Crippen MR) is 47.8 cm³/mol. The minimum Gasteiger partial charge on any atom is -0.292 e. The van der Waals surface area contributed by atoms with E-state index < -0.39 is 0 Å². The number of rotatable bonds is 2. The van der Waals surface area contributed by atoms with Gasteiger partial charge in [-0.25, -0.2) is 0 Å². The van der Waals surface area contributed by atoms with E-state index in [1.807, 2.05) is 0 Å². The van der Waals surface area contributed by atoms with E-state index >= 15 is 0 Å². The van der Waals surface area contributed by atoms with Crippen molar-refractivity contribution in [2.24, 2.45) is 5.92 Å². The average molecular weight is 179 g/mol. The summed E-state index contributed by atoms with van der Waals surface area (Å²) in [6, 6.07) is 0. The first-order valence-electron chi connectivity index (χ1n) is 4.78. The van der Waals surface area contributed by atoms with Crippen molar-refractivity contribution < 1.29 is 9.59 Å². The van der Waals surface area contributed by atoms with Crippen molar-refractivity contribution in [2.45, 2.75) is 32.6 Å². The van der Waals surface area contributed by atoms with Crippen LogP contribution in [0.5, 0.6) is 0 Å². The van der Waals surface area contributed by atoms with Gasteiger partial charge < -0.3 is 0 Å². The maximum absolute atomic E-state index is 11.3. The first-order valence-corrected chi connectivity index (χ1v) is 4.78. The summed E-state index contributed by atoms with van der Waals surface area (Å²) >= 11 is 0. The number of hydrogen-bond donors (Lipinski definition) is 1. The van der Waals surface area contributed by atoms with Crippen LogP contribution in [0, 0.1) is 5.92 Å². The zero-order chi connectivity index (χ0) is 9.42. The van der Waals surface area contributed by atoms with Gasteiger partial charge >= 0.3 is 0 Å². The number of amides is 2. The molecular weight excluding hydrogens is 166 g/mol. The highest BCUT2D eigenvalue weighted by molar-refractivity contribution is 6.13. The van der Waals surface area contributed by atoms with E-state index in [4.69, 9.17) is 0 Å². The van der Waals surface area contributed by atoms with E-state index in [0.29, 0.717) is 12.3 Å². The lowest BCUT2D eigenvalue weighted by molar-refractivity contribution is -0.124. The summed E-state index contributed by atoms with van der Waals surface area (Å²) in [4.78, 5) is 22.3. The van der Waals surface area contributed by atoms with E-state index in [1.54, 1.807) is 0 Å².